The minimum atomic E-state index is -2.87. The van der Waals surface area contributed by atoms with Crippen molar-refractivity contribution in [1.82, 2.24) is 5.32 Å². The molecule has 21 heavy (non-hydrogen) atoms. The van der Waals surface area contributed by atoms with Crippen molar-refractivity contribution in [2.75, 3.05) is 24.3 Å². The standard InChI is InChI=1S/C16H27NO2S2/c1-5-14-7-9-15(10-8-14)16(17-6-2)13(3)20-11-12-21(4,18)19/h7-10,13,16-17H,5-6,11-12H2,1-4H3. The van der Waals surface area contributed by atoms with Crippen LogP contribution in [0.4, 0.5) is 0 Å². The minimum absolute atomic E-state index is 0.246. The average molecular weight is 330 g/mol. The highest BCUT2D eigenvalue weighted by atomic mass is 32.2. The number of hydrogen-bond acceptors (Lipinski definition) is 4. The first-order valence-corrected chi connectivity index (χ1v) is 10.6. The van der Waals surface area contributed by atoms with Crippen LogP contribution in [0.1, 0.15) is 37.9 Å². The maximum Gasteiger partial charge on any atom is 0.148 e. The molecule has 2 unspecified atom stereocenters. The highest BCUT2D eigenvalue weighted by Gasteiger charge is 2.19. The minimum Gasteiger partial charge on any atom is -0.309 e. The third-order valence-corrected chi connectivity index (χ3v) is 5.92. The van der Waals surface area contributed by atoms with Gasteiger partial charge in [0.15, 0.2) is 0 Å². The smallest absolute Gasteiger partial charge is 0.148 e. The monoisotopic (exact) mass is 329 g/mol. The lowest BCUT2D eigenvalue weighted by Crippen LogP contribution is -2.29. The molecule has 0 radical (unpaired) electrons. The van der Waals surface area contributed by atoms with E-state index < -0.39 is 9.84 Å². The molecule has 1 N–H and O–H groups in total. The van der Waals surface area contributed by atoms with Gasteiger partial charge in [-0.2, -0.15) is 11.8 Å². The van der Waals surface area contributed by atoms with Crippen LogP contribution in [0.25, 0.3) is 0 Å². The molecule has 3 nitrogen and oxygen atoms in total. The van der Waals surface area contributed by atoms with Gasteiger partial charge < -0.3 is 5.32 Å². The summed E-state index contributed by atoms with van der Waals surface area (Å²) in [4.78, 5) is 0. The predicted molar refractivity (Wildman–Crippen MR) is 93.9 cm³/mol. The Kier molecular flexibility index (Phi) is 7.77. The summed E-state index contributed by atoms with van der Waals surface area (Å²) in [5, 5.41) is 3.85. The van der Waals surface area contributed by atoms with Gasteiger partial charge in [0.25, 0.3) is 0 Å². The number of aryl methyl sites for hydroxylation is 1. The summed E-state index contributed by atoms with van der Waals surface area (Å²) in [7, 11) is -2.87. The van der Waals surface area contributed by atoms with Gasteiger partial charge in [-0.1, -0.05) is 45.0 Å². The molecule has 0 aliphatic heterocycles. The van der Waals surface area contributed by atoms with E-state index in [0.717, 1.165) is 13.0 Å². The van der Waals surface area contributed by atoms with Crippen molar-refractivity contribution < 1.29 is 8.42 Å². The average Bonchev–Trinajstić information content (AvgIpc) is 2.43. The summed E-state index contributed by atoms with van der Waals surface area (Å²) >= 11 is 1.71. The van der Waals surface area contributed by atoms with Crippen LogP contribution in [0.5, 0.6) is 0 Å². The van der Waals surface area contributed by atoms with Crippen LogP contribution in [0.15, 0.2) is 24.3 Å². The number of thioether (sulfide) groups is 1. The van der Waals surface area contributed by atoms with Crippen molar-refractivity contribution in [2.45, 2.75) is 38.5 Å². The van der Waals surface area contributed by atoms with Crippen molar-refractivity contribution in [3.63, 3.8) is 0 Å². The number of sulfone groups is 1. The van der Waals surface area contributed by atoms with E-state index in [1.54, 1.807) is 11.8 Å². The highest BCUT2D eigenvalue weighted by molar-refractivity contribution is 8.01. The SMILES string of the molecule is CCNC(c1ccc(CC)cc1)C(C)SCCS(C)(=O)=O. The molecule has 0 spiro atoms. The van der Waals surface area contributed by atoms with E-state index in [4.69, 9.17) is 0 Å². The lowest BCUT2D eigenvalue weighted by atomic mass is 10.0. The molecule has 1 aromatic carbocycles. The van der Waals surface area contributed by atoms with Gasteiger partial charge in [-0.15, -0.1) is 0 Å². The van der Waals surface area contributed by atoms with Gasteiger partial charge in [0.2, 0.25) is 0 Å². The lowest BCUT2D eigenvalue weighted by Gasteiger charge is -2.25. The van der Waals surface area contributed by atoms with E-state index in [1.165, 1.54) is 17.4 Å². The normalized spacial score (nSPS) is 14.9. The quantitative estimate of drug-likeness (QED) is 0.756. The molecule has 120 valence electrons. The first-order valence-electron chi connectivity index (χ1n) is 7.49. The fourth-order valence-corrected chi connectivity index (χ4v) is 4.63. The molecule has 0 amide bonds. The summed E-state index contributed by atoms with van der Waals surface area (Å²) in [6.45, 7) is 7.31. The fraction of sp³-hybridized carbons (Fsp3) is 0.625. The Morgan fingerprint density at radius 2 is 1.81 bits per heavy atom. The van der Waals surface area contributed by atoms with Crippen LogP contribution >= 0.6 is 11.8 Å². The van der Waals surface area contributed by atoms with Crippen molar-refractivity contribution in [3.8, 4) is 0 Å². The second-order valence-corrected chi connectivity index (χ2v) is 9.08. The van der Waals surface area contributed by atoms with Crippen LogP contribution in [0.3, 0.4) is 0 Å². The summed E-state index contributed by atoms with van der Waals surface area (Å²) in [6, 6.07) is 8.96. The first kappa shape index (κ1) is 18.5. The Labute approximate surface area is 133 Å². The summed E-state index contributed by atoms with van der Waals surface area (Å²) < 4.78 is 22.4. The molecule has 0 aliphatic carbocycles. The lowest BCUT2D eigenvalue weighted by molar-refractivity contribution is 0.548. The van der Waals surface area contributed by atoms with Crippen molar-refractivity contribution in [2.24, 2.45) is 0 Å². The van der Waals surface area contributed by atoms with Crippen LogP contribution < -0.4 is 5.32 Å². The van der Waals surface area contributed by atoms with Gasteiger partial charge >= 0.3 is 0 Å². The van der Waals surface area contributed by atoms with Gasteiger partial charge in [0.05, 0.1) is 5.75 Å². The molecule has 1 rings (SSSR count). The largest absolute Gasteiger partial charge is 0.309 e. The van der Waals surface area contributed by atoms with Crippen LogP contribution in [0.2, 0.25) is 0 Å². The second-order valence-electron chi connectivity index (χ2n) is 5.34. The predicted octanol–water partition coefficient (Wildman–Crippen LogP) is 3.07. The Balaban J connectivity index is 2.70. The fourth-order valence-electron chi connectivity index (χ4n) is 2.22. The molecule has 2 atom stereocenters. The molecule has 0 heterocycles. The number of hydrogen-bond donors (Lipinski definition) is 1. The van der Waals surface area contributed by atoms with Gasteiger partial charge in [0, 0.05) is 23.3 Å². The van der Waals surface area contributed by atoms with Gasteiger partial charge in [-0.3, -0.25) is 0 Å². The van der Waals surface area contributed by atoms with Gasteiger partial charge in [-0.05, 0) is 24.1 Å². The second kappa shape index (κ2) is 8.81. The van der Waals surface area contributed by atoms with Crippen molar-refractivity contribution >= 4 is 21.6 Å². The zero-order valence-corrected chi connectivity index (χ0v) is 15.1. The van der Waals surface area contributed by atoms with E-state index in [-0.39, 0.29) is 11.8 Å². The van der Waals surface area contributed by atoms with E-state index in [0.29, 0.717) is 11.0 Å². The molecular weight excluding hydrogens is 302 g/mol. The summed E-state index contributed by atoms with van der Waals surface area (Å²) in [5.74, 6) is 0.893. The molecule has 1 aromatic rings. The van der Waals surface area contributed by atoms with Crippen molar-refractivity contribution in [3.05, 3.63) is 35.4 Å². The maximum absolute atomic E-state index is 11.2. The van der Waals surface area contributed by atoms with E-state index in [2.05, 4.69) is 50.4 Å². The van der Waals surface area contributed by atoms with E-state index in [9.17, 15) is 8.42 Å². The Bertz CT molecular complexity index is 512. The molecule has 0 saturated carbocycles. The number of benzene rings is 1. The molecule has 0 saturated heterocycles. The van der Waals surface area contributed by atoms with Crippen LogP contribution in [-0.4, -0.2) is 38.0 Å². The molecular formula is C16H27NO2S2. The maximum atomic E-state index is 11.2. The first-order chi connectivity index (χ1) is 9.87. The van der Waals surface area contributed by atoms with Gasteiger partial charge in [-0.25, -0.2) is 8.42 Å². The summed E-state index contributed by atoms with van der Waals surface area (Å²) in [6.07, 6.45) is 2.34. The van der Waals surface area contributed by atoms with E-state index >= 15 is 0 Å². The third kappa shape index (κ3) is 6.85. The summed E-state index contributed by atoms with van der Waals surface area (Å²) in [5.41, 5.74) is 2.61. The third-order valence-electron chi connectivity index (χ3n) is 3.48. The zero-order chi connectivity index (χ0) is 15.9. The molecule has 0 bridgehead atoms. The molecule has 5 heteroatoms. The Morgan fingerprint density at radius 3 is 2.29 bits per heavy atom. The zero-order valence-electron chi connectivity index (χ0n) is 13.4. The number of nitrogens with one attached hydrogen (secondary N) is 1. The van der Waals surface area contributed by atoms with Crippen molar-refractivity contribution in [1.29, 1.82) is 0 Å². The van der Waals surface area contributed by atoms with E-state index in [1.807, 2.05) is 0 Å². The molecule has 0 fully saturated rings. The van der Waals surface area contributed by atoms with Crippen LogP contribution in [-0.2, 0) is 16.3 Å². The Morgan fingerprint density at radius 1 is 1.19 bits per heavy atom. The highest BCUT2D eigenvalue weighted by Crippen LogP contribution is 2.27. The topological polar surface area (TPSA) is 46.2 Å². The molecule has 0 aliphatic rings. The number of rotatable bonds is 9. The van der Waals surface area contributed by atoms with Crippen LogP contribution in [0, 0.1) is 0 Å². The Hall–Kier alpha value is -0.520. The molecule has 0 aromatic heterocycles. The van der Waals surface area contributed by atoms with Gasteiger partial charge in [0.1, 0.15) is 9.84 Å².